The third kappa shape index (κ3) is 14.5. The Morgan fingerprint density at radius 3 is 1.31 bits per heavy atom. The molecule has 4 N–H and O–H groups in total. The third-order valence-corrected chi connectivity index (χ3v) is 13.4. The number of nitrogens with one attached hydrogen (secondary N) is 3. The van der Waals surface area contributed by atoms with Crippen LogP contribution >= 0.6 is 34.0 Å². The van der Waals surface area contributed by atoms with Crippen molar-refractivity contribution in [3.63, 3.8) is 0 Å². The van der Waals surface area contributed by atoms with Gasteiger partial charge in [0.1, 0.15) is 44.1 Å². The second-order valence-electron chi connectivity index (χ2n) is 15.0. The predicted octanol–water partition coefficient (Wildman–Crippen LogP) is 10.3. The molecule has 396 valence electrons. The van der Waals surface area contributed by atoms with Gasteiger partial charge in [0.25, 0.3) is 0 Å². The van der Waals surface area contributed by atoms with Crippen LogP contribution in [0, 0.1) is 17.5 Å². The Labute approximate surface area is 441 Å². The lowest BCUT2D eigenvalue weighted by molar-refractivity contribution is 0.0587. The maximum absolute atomic E-state index is 12.9. The number of carboxylic acids is 1. The van der Waals surface area contributed by atoms with Gasteiger partial charge in [0.15, 0.2) is 16.7 Å². The summed E-state index contributed by atoms with van der Waals surface area (Å²) < 4.78 is 63.8. The Morgan fingerprint density at radius 1 is 0.571 bits per heavy atom. The topological polar surface area (TPSA) is 287 Å². The molecule has 21 nitrogen and oxygen atoms in total. The van der Waals surface area contributed by atoms with Gasteiger partial charge in [0.2, 0.25) is 6.08 Å². The van der Waals surface area contributed by atoms with Crippen molar-refractivity contribution in [3.8, 4) is 0 Å². The number of hydrogen-bond acceptors (Lipinski definition) is 19. The average Bonchev–Trinajstić information content (AvgIpc) is 4.17. The SMILES string of the molecule is CN(C(=O)Nc1ccc(F)cc1)c1cc2oc(=O)c(C(=O)O)cc2s1.CNc1cc2oc(=O)c(C(=O)OC)cc2s1.COC(=O)c1cc2sc(N(C)C(=O)Nc3ccc(F)cc3)cc2oc1=O.O=C=Nc1ccc(F)cc1. The molecule has 27 heteroatoms. The minimum Gasteiger partial charge on any atom is -0.477 e. The monoisotopic (exact) mass is 1110 g/mol. The van der Waals surface area contributed by atoms with Crippen LogP contribution in [-0.4, -0.2) is 76.5 Å². The number of halogens is 3. The second kappa shape index (κ2) is 25.5. The van der Waals surface area contributed by atoms with Crippen LogP contribution < -0.4 is 42.6 Å². The van der Waals surface area contributed by atoms with Crippen LogP contribution in [0.1, 0.15) is 31.1 Å². The molecule has 0 fully saturated rings. The van der Waals surface area contributed by atoms with Crippen molar-refractivity contribution < 1.29 is 69.8 Å². The van der Waals surface area contributed by atoms with Crippen LogP contribution in [-0.2, 0) is 14.3 Å². The summed E-state index contributed by atoms with van der Waals surface area (Å²) in [5.74, 6) is -4.02. The first-order chi connectivity index (χ1) is 36.7. The number of carboxylic acid groups (broad SMARTS) is 1. The number of fused-ring (bicyclic) bond motifs is 3. The molecule has 0 bridgehead atoms. The second-order valence-corrected chi connectivity index (χ2v) is 18.2. The van der Waals surface area contributed by atoms with Crippen LogP contribution in [0.4, 0.5) is 54.8 Å². The zero-order valence-corrected chi connectivity index (χ0v) is 42.7. The Morgan fingerprint density at radius 2 is 0.935 bits per heavy atom. The number of benzene rings is 3. The van der Waals surface area contributed by atoms with E-state index >= 15 is 0 Å². The molecule has 6 aromatic heterocycles. The number of nitrogens with zero attached hydrogens (tertiary/aromatic N) is 3. The fraction of sp³-hybridized carbons (Fsp3) is 0.100. The average molecular weight is 1120 g/mol. The highest BCUT2D eigenvalue weighted by molar-refractivity contribution is 7.23. The fourth-order valence-corrected chi connectivity index (χ4v) is 8.93. The summed E-state index contributed by atoms with van der Waals surface area (Å²) >= 11 is 3.65. The number of carbonyl (C=O) groups excluding carboxylic acids is 5. The molecule has 0 spiro atoms. The van der Waals surface area contributed by atoms with E-state index in [-0.39, 0.29) is 28.1 Å². The molecule has 4 amide bonds. The minimum atomic E-state index is -1.38. The summed E-state index contributed by atoms with van der Waals surface area (Å²) in [5, 5.41) is 18.9. The van der Waals surface area contributed by atoms with Gasteiger partial charge in [0.05, 0.1) is 39.0 Å². The normalized spacial score (nSPS) is 10.3. The zero-order valence-electron chi connectivity index (χ0n) is 40.3. The van der Waals surface area contributed by atoms with Gasteiger partial charge < -0.3 is 43.8 Å². The zero-order chi connectivity index (χ0) is 56.1. The van der Waals surface area contributed by atoms with Gasteiger partial charge in [0, 0.05) is 50.7 Å². The number of thiophene rings is 3. The van der Waals surface area contributed by atoms with Gasteiger partial charge in [-0.3, -0.25) is 9.80 Å². The number of isocyanates is 1. The van der Waals surface area contributed by atoms with Crippen LogP contribution in [0.5, 0.6) is 0 Å². The number of anilines is 5. The summed E-state index contributed by atoms with van der Waals surface area (Å²) in [6.07, 6.45) is 1.36. The molecule has 0 radical (unpaired) electrons. The summed E-state index contributed by atoms with van der Waals surface area (Å²) in [5.41, 5.74) is -1.05. The van der Waals surface area contributed by atoms with E-state index in [9.17, 15) is 56.3 Å². The summed E-state index contributed by atoms with van der Waals surface area (Å²) in [7, 11) is 7.19. The van der Waals surface area contributed by atoms with Crippen molar-refractivity contribution in [2.45, 2.75) is 0 Å². The first kappa shape index (κ1) is 56.6. The first-order valence-electron chi connectivity index (χ1n) is 21.5. The largest absolute Gasteiger partial charge is 0.477 e. The minimum absolute atomic E-state index is 0.0838. The van der Waals surface area contributed by atoms with Crippen LogP contribution in [0.3, 0.4) is 0 Å². The molecule has 0 saturated heterocycles. The van der Waals surface area contributed by atoms with Crippen molar-refractivity contribution in [1.82, 2.24) is 0 Å². The molecule has 0 aliphatic heterocycles. The molecule has 9 aromatic rings. The van der Waals surface area contributed by atoms with Crippen molar-refractivity contribution in [1.29, 1.82) is 0 Å². The number of esters is 2. The van der Waals surface area contributed by atoms with Gasteiger partial charge in [-0.1, -0.05) is 0 Å². The maximum atomic E-state index is 12.9. The molecule has 0 aliphatic rings. The van der Waals surface area contributed by atoms with E-state index in [4.69, 9.17) is 18.4 Å². The summed E-state index contributed by atoms with van der Waals surface area (Å²) in [6, 6.07) is 23.7. The Balaban J connectivity index is 0.000000175. The maximum Gasteiger partial charge on any atom is 0.351 e. The molecule has 3 aromatic carbocycles. The molecule has 9 rings (SSSR count). The smallest absolute Gasteiger partial charge is 0.351 e. The number of methoxy groups -OCH3 is 2. The molecule has 0 aliphatic carbocycles. The molecule has 6 heterocycles. The lowest BCUT2D eigenvalue weighted by atomic mass is 10.3. The van der Waals surface area contributed by atoms with Gasteiger partial charge >= 0.3 is 46.8 Å². The van der Waals surface area contributed by atoms with E-state index in [0.29, 0.717) is 42.0 Å². The van der Waals surface area contributed by atoms with E-state index in [1.54, 1.807) is 13.1 Å². The van der Waals surface area contributed by atoms with E-state index < -0.39 is 64.0 Å². The number of rotatable bonds is 9. The van der Waals surface area contributed by atoms with Gasteiger partial charge in [-0.2, -0.15) is 4.99 Å². The Kier molecular flexibility index (Phi) is 18.7. The molecule has 0 atom stereocenters. The molecule has 77 heavy (non-hydrogen) atoms. The van der Waals surface area contributed by atoms with Gasteiger partial charge in [-0.25, -0.2) is 56.3 Å². The number of aromatic carboxylic acids is 1. The quantitative estimate of drug-likeness (QED) is 0.0594. The molecule has 0 unspecified atom stereocenters. The van der Waals surface area contributed by atoms with Crippen LogP contribution in [0.15, 0.2) is 142 Å². The number of ether oxygens (including phenoxy) is 2. The van der Waals surface area contributed by atoms with E-state index in [1.165, 1.54) is 159 Å². The number of amides is 4. The fourth-order valence-electron chi connectivity index (χ4n) is 6.07. The molecular weight excluding hydrogens is 1080 g/mol. The highest BCUT2D eigenvalue weighted by atomic mass is 32.1. The highest BCUT2D eigenvalue weighted by Crippen LogP contribution is 2.34. The predicted molar refractivity (Wildman–Crippen MR) is 282 cm³/mol. The van der Waals surface area contributed by atoms with Crippen LogP contribution in [0.2, 0.25) is 0 Å². The third-order valence-electron chi connectivity index (χ3n) is 9.99. The Bertz CT molecular complexity index is 3890. The van der Waals surface area contributed by atoms with E-state index in [0.717, 1.165) is 32.4 Å². The van der Waals surface area contributed by atoms with Crippen molar-refractivity contribution in [2.24, 2.45) is 4.99 Å². The lowest BCUT2D eigenvalue weighted by Crippen LogP contribution is -2.30. The van der Waals surface area contributed by atoms with Crippen molar-refractivity contribution in [3.05, 3.63) is 175 Å². The number of hydrogen-bond donors (Lipinski definition) is 4. The highest BCUT2D eigenvalue weighted by Gasteiger charge is 2.21. The number of carbonyl (C=O) groups is 5. The van der Waals surface area contributed by atoms with Crippen molar-refractivity contribution >= 4 is 133 Å². The summed E-state index contributed by atoms with van der Waals surface area (Å²) in [6.45, 7) is 0. The van der Waals surface area contributed by atoms with Crippen LogP contribution in [0.25, 0.3) is 30.8 Å². The van der Waals surface area contributed by atoms with E-state index in [2.05, 4.69) is 30.4 Å². The molecule has 0 saturated carbocycles. The summed E-state index contributed by atoms with van der Waals surface area (Å²) in [4.78, 5) is 109. The molecular formula is C50H37F3N6O15S3. The number of aliphatic imine (C=N–C) groups is 1. The lowest BCUT2D eigenvalue weighted by Gasteiger charge is -2.15. The van der Waals surface area contributed by atoms with Gasteiger partial charge in [-0.05, 0) is 91.0 Å². The van der Waals surface area contributed by atoms with E-state index in [1.807, 2.05) is 0 Å². The standard InChI is InChI=1S/C17H13FN2O5S.C16H11FN2O5S.C10H9NO4S.C7H4FNO/c1-20(17(23)19-10-5-3-9(18)4-6-10)14-8-12-13(26-14)7-11(15(21)24-2)16(22)25-12;1-19(16(23)18-9-4-2-8(17)3-5-9)13-7-11-12(25-13)6-10(14(20)21)15(22)24-11;1-11-8-4-6-7(16-8)3-5(9(12)14-2)10(13)15-6;8-6-1-3-7(4-2-6)9-5-10/h3-8H,1-2H3,(H,19,23);2-7H,1H3,(H,18,23)(H,20,21);3-4,11H,1-2H3;1-4H. The Hall–Kier alpha value is -9.69. The first-order valence-corrected chi connectivity index (χ1v) is 23.9. The van der Waals surface area contributed by atoms with Gasteiger partial charge in [-0.15, -0.1) is 34.0 Å². The number of urea groups is 2. The van der Waals surface area contributed by atoms with Crippen molar-refractivity contribution in [2.75, 3.05) is 61.1 Å².